The molecule has 5 nitrogen and oxygen atoms in total. The molecule has 94 valence electrons. The molecule has 1 aromatic carbocycles. The van der Waals surface area contributed by atoms with Gasteiger partial charge in [-0.3, -0.25) is 0 Å². The van der Waals surface area contributed by atoms with Gasteiger partial charge in [-0.1, -0.05) is 5.16 Å². The molecule has 18 heavy (non-hydrogen) atoms. The van der Waals surface area contributed by atoms with Crippen molar-refractivity contribution < 1.29 is 14.4 Å². The summed E-state index contributed by atoms with van der Waals surface area (Å²) in [4.78, 5) is 4.36. The summed E-state index contributed by atoms with van der Waals surface area (Å²) in [5.41, 5.74) is 0.727. The zero-order chi connectivity index (χ0) is 12.5. The Balaban J connectivity index is 1.89. The Labute approximate surface area is 117 Å². The molecule has 0 saturated carbocycles. The lowest BCUT2D eigenvalue weighted by Gasteiger charge is -1.99. The molecule has 1 aliphatic heterocycles. The molecular formula is C12H11IN2O3. The third kappa shape index (κ3) is 2.22. The lowest BCUT2D eigenvalue weighted by Crippen LogP contribution is -1.99. The topological polar surface area (TPSA) is 68.4 Å². The minimum Gasteiger partial charge on any atom is -0.507 e. The van der Waals surface area contributed by atoms with Crippen molar-refractivity contribution >= 4 is 22.6 Å². The van der Waals surface area contributed by atoms with E-state index in [2.05, 4.69) is 32.7 Å². The molecule has 3 rings (SSSR count). The van der Waals surface area contributed by atoms with Crippen LogP contribution in [0.2, 0.25) is 0 Å². The first-order chi connectivity index (χ1) is 8.74. The number of hydrogen-bond donors (Lipinski definition) is 1. The Kier molecular flexibility index (Phi) is 3.21. The Morgan fingerprint density at radius 3 is 3.00 bits per heavy atom. The van der Waals surface area contributed by atoms with Crippen LogP contribution < -0.4 is 0 Å². The Morgan fingerprint density at radius 1 is 1.39 bits per heavy atom. The highest BCUT2D eigenvalue weighted by Crippen LogP contribution is 2.28. The molecule has 1 N–H and O–H groups in total. The van der Waals surface area contributed by atoms with Crippen molar-refractivity contribution in [3.63, 3.8) is 0 Å². The fourth-order valence-electron chi connectivity index (χ4n) is 1.90. The number of benzene rings is 1. The number of ether oxygens (including phenoxy) is 1. The van der Waals surface area contributed by atoms with Crippen LogP contribution in [-0.2, 0) is 4.74 Å². The van der Waals surface area contributed by atoms with E-state index in [1.807, 2.05) is 12.1 Å². The molecule has 1 unspecified atom stereocenters. The monoisotopic (exact) mass is 358 g/mol. The van der Waals surface area contributed by atoms with Crippen molar-refractivity contribution in [3.8, 4) is 17.2 Å². The Hall–Kier alpha value is -1.15. The zero-order valence-corrected chi connectivity index (χ0v) is 11.6. The largest absolute Gasteiger partial charge is 0.507 e. The molecule has 0 bridgehead atoms. The number of phenols is 1. The number of aromatic nitrogens is 2. The van der Waals surface area contributed by atoms with Crippen molar-refractivity contribution in [1.82, 2.24) is 10.1 Å². The molecule has 2 heterocycles. The van der Waals surface area contributed by atoms with Gasteiger partial charge in [0.1, 0.15) is 5.75 Å². The number of halogens is 1. The molecule has 1 aromatic heterocycles. The van der Waals surface area contributed by atoms with Gasteiger partial charge in [0.15, 0.2) is 5.82 Å². The molecule has 1 fully saturated rings. The van der Waals surface area contributed by atoms with Gasteiger partial charge >= 0.3 is 0 Å². The van der Waals surface area contributed by atoms with Crippen LogP contribution in [0.15, 0.2) is 22.7 Å². The zero-order valence-electron chi connectivity index (χ0n) is 9.47. The van der Waals surface area contributed by atoms with Crippen LogP contribution in [0, 0.1) is 3.57 Å². The summed E-state index contributed by atoms with van der Waals surface area (Å²) in [7, 11) is 0. The second kappa shape index (κ2) is 4.85. The highest BCUT2D eigenvalue weighted by molar-refractivity contribution is 14.1. The third-order valence-electron chi connectivity index (χ3n) is 2.93. The maximum Gasteiger partial charge on any atom is 0.258 e. The van der Waals surface area contributed by atoms with E-state index >= 15 is 0 Å². The summed E-state index contributed by atoms with van der Waals surface area (Å²) in [5.74, 6) is 1.56. The van der Waals surface area contributed by atoms with E-state index < -0.39 is 0 Å². The van der Waals surface area contributed by atoms with Crippen molar-refractivity contribution in [2.75, 3.05) is 13.2 Å². The number of phenolic OH excluding ortho intramolecular Hbond substituents is 1. The average molecular weight is 358 g/mol. The molecule has 2 aromatic rings. The molecule has 0 amide bonds. The molecule has 1 atom stereocenters. The molecule has 1 saturated heterocycles. The maximum atomic E-state index is 9.66. The smallest absolute Gasteiger partial charge is 0.258 e. The van der Waals surface area contributed by atoms with Crippen molar-refractivity contribution in [1.29, 1.82) is 0 Å². The summed E-state index contributed by atoms with van der Waals surface area (Å²) < 4.78 is 11.3. The summed E-state index contributed by atoms with van der Waals surface area (Å²) in [6, 6.07) is 5.29. The highest BCUT2D eigenvalue weighted by Gasteiger charge is 2.23. The van der Waals surface area contributed by atoms with Crippen molar-refractivity contribution in [3.05, 3.63) is 27.6 Å². The number of hydrogen-bond acceptors (Lipinski definition) is 5. The van der Waals surface area contributed by atoms with E-state index in [0.717, 1.165) is 22.2 Å². The van der Waals surface area contributed by atoms with Crippen molar-refractivity contribution in [2.24, 2.45) is 0 Å². The van der Waals surface area contributed by atoms with Crippen LogP contribution in [0.1, 0.15) is 18.2 Å². The van der Waals surface area contributed by atoms with E-state index in [-0.39, 0.29) is 11.7 Å². The number of rotatable bonds is 2. The number of aromatic hydroxyl groups is 1. The van der Waals surface area contributed by atoms with Gasteiger partial charge in [0, 0.05) is 18.1 Å². The first kappa shape index (κ1) is 11.9. The van der Waals surface area contributed by atoms with Crippen LogP contribution >= 0.6 is 22.6 Å². The minimum absolute atomic E-state index is 0.219. The highest BCUT2D eigenvalue weighted by atomic mass is 127. The maximum absolute atomic E-state index is 9.66. The Morgan fingerprint density at radius 2 is 2.28 bits per heavy atom. The van der Waals surface area contributed by atoms with Crippen LogP contribution in [-0.4, -0.2) is 28.5 Å². The van der Waals surface area contributed by atoms with Gasteiger partial charge in [-0.05, 0) is 47.2 Å². The fraction of sp³-hybridized carbons (Fsp3) is 0.333. The predicted molar refractivity (Wildman–Crippen MR) is 72.3 cm³/mol. The lowest BCUT2D eigenvalue weighted by atomic mass is 10.1. The van der Waals surface area contributed by atoms with Gasteiger partial charge in [-0.25, -0.2) is 0 Å². The van der Waals surface area contributed by atoms with Gasteiger partial charge in [-0.2, -0.15) is 4.98 Å². The minimum atomic E-state index is 0.219. The van der Waals surface area contributed by atoms with E-state index in [1.54, 1.807) is 6.07 Å². The van der Waals surface area contributed by atoms with Crippen LogP contribution in [0.4, 0.5) is 0 Å². The van der Waals surface area contributed by atoms with Gasteiger partial charge in [-0.15, -0.1) is 0 Å². The molecular weight excluding hydrogens is 347 g/mol. The summed E-state index contributed by atoms with van der Waals surface area (Å²) in [6.07, 6.45) is 0.927. The normalized spacial score (nSPS) is 19.3. The summed E-state index contributed by atoms with van der Waals surface area (Å²) in [6.45, 7) is 1.40. The van der Waals surface area contributed by atoms with Crippen LogP contribution in [0.3, 0.4) is 0 Å². The molecule has 0 aliphatic carbocycles. The lowest BCUT2D eigenvalue weighted by molar-refractivity contribution is 0.192. The first-order valence-electron chi connectivity index (χ1n) is 5.64. The molecule has 6 heteroatoms. The van der Waals surface area contributed by atoms with E-state index in [1.165, 1.54) is 0 Å². The fourth-order valence-corrected chi connectivity index (χ4v) is 2.24. The first-order valence-corrected chi connectivity index (χ1v) is 6.72. The summed E-state index contributed by atoms with van der Waals surface area (Å²) in [5, 5.41) is 13.6. The van der Waals surface area contributed by atoms with Gasteiger partial charge in [0.05, 0.1) is 10.2 Å². The van der Waals surface area contributed by atoms with Crippen LogP contribution in [0.5, 0.6) is 5.75 Å². The average Bonchev–Trinajstić information content (AvgIpc) is 3.01. The third-order valence-corrected chi connectivity index (χ3v) is 3.84. The van der Waals surface area contributed by atoms with Crippen LogP contribution in [0.25, 0.3) is 11.5 Å². The van der Waals surface area contributed by atoms with Gasteiger partial charge in [0.25, 0.3) is 5.89 Å². The van der Waals surface area contributed by atoms with E-state index in [9.17, 15) is 5.11 Å². The second-order valence-corrected chi connectivity index (χ2v) is 5.35. The number of nitrogens with zero attached hydrogens (tertiary/aromatic N) is 2. The van der Waals surface area contributed by atoms with Gasteiger partial charge < -0.3 is 14.4 Å². The quantitative estimate of drug-likeness (QED) is 0.836. The standard InChI is InChI=1S/C12H11IN2O3/c13-9-2-1-7(5-10(9)16)12-14-11(15-18-12)8-3-4-17-6-8/h1-2,5,8,16H,3-4,6H2. The predicted octanol–water partition coefficient (Wildman–Crippen LogP) is 2.55. The molecule has 0 spiro atoms. The SMILES string of the molecule is Oc1cc(-c2nc(C3CCOC3)no2)ccc1I. The van der Waals surface area contributed by atoms with Gasteiger partial charge in [0.2, 0.25) is 0 Å². The molecule has 1 aliphatic rings. The summed E-state index contributed by atoms with van der Waals surface area (Å²) >= 11 is 2.06. The second-order valence-electron chi connectivity index (χ2n) is 4.18. The van der Waals surface area contributed by atoms with E-state index in [0.29, 0.717) is 18.3 Å². The van der Waals surface area contributed by atoms with E-state index in [4.69, 9.17) is 9.26 Å². The molecule has 0 radical (unpaired) electrons. The Bertz CT molecular complexity index is 564. The van der Waals surface area contributed by atoms with Crippen molar-refractivity contribution in [2.45, 2.75) is 12.3 Å².